The third kappa shape index (κ3) is 7.56. The van der Waals surface area contributed by atoms with E-state index >= 15 is 0 Å². The number of sulfonamides is 1. The average molecular weight is 572 g/mol. The molecule has 0 fully saturated rings. The Morgan fingerprint density at radius 2 is 2.06 bits per heavy atom. The second kappa shape index (κ2) is 12.4. The van der Waals surface area contributed by atoms with Gasteiger partial charge in [0, 0.05) is 29.2 Å². The quantitative estimate of drug-likeness (QED) is 0.290. The lowest BCUT2D eigenvalue weighted by Gasteiger charge is -2.18. The number of terminal acetylenes is 1. The van der Waals surface area contributed by atoms with E-state index in [-0.39, 0.29) is 29.0 Å². The summed E-state index contributed by atoms with van der Waals surface area (Å²) >= 11 is 13.4. The van der Waals surface area contributed by atoms with Gasteiger partial charge in [0.25, 0.3) is 10.0 Å². The van der Waals surface area contributed by atoms with Crippen LogP contribution in [0.25, 0.3) is 0 Å². The SMILES string of the molecule is C#CCN(CCCc1cc(Cl)ccc1Oc1cc(F)c(S(=O)(=O)Nc2nccs2)cc1Cl)CC(=O)O. The summed E-state index contributed by atoms with van der Waals surface area (Å²) < 4.78 is 48.0. The first-order valence-electron chi connectivity index (χ1n) is 10.3. The first kappa shape index (κ1) is 27.7. The molecule has 0 amide bonds. The minimum absolute atomic E-state index is 0.0841. The molecule has 0 saturated carbocycles. The number of rotatable bonds is 12. The number of carboxylic acids is 1. The van der Waals surface area contributed by atoms with Crippen LogP contribution in [-0.2, 0) is 21.2 Å². The number of hydrogen-bond acceptors (Lipinski definition) is 7. The van der Waals surface area contributed by atoms with E-state index in [0.29, 0.717) is 35.7 Å². The zero-order valence-corrected chi connectivity index (χ0v) is 21.7. The summed E-state index contributed by atoms with van der Waals surface area (Å²) in [5.74, 6) is 0.623. The molecule has 3 aromatic rings. The van der Waals surface area contributed by atoms with E-state index < -0.39 is 26.7 Å². The number of aryl methyl sites for hydroxylation is 1. The van der Waals surface area contributed by atoms with Gasteiger partial charge < -0.3 is 9.84 Å². The average Bonchev–Trinajstić information content (AvgIpc) is 3.29. The molecule has 8 nitrogen and oxygen atoms in total. The van der Waals surface area contributed by atoms with Gasteiger partial charge in [0.15, 0.2) is 5.13 Å². The highest BCUT2D eigenvalue weighted by atomic mass is 35.5. The van der Waals surface area contributed by atoms with Gasteiger partial charge in [-0.1, -0.05) is 29.1 Å². The van der Waals surface area contributed by atoms with Gasteiger partial charge in [0.2, 0.25) is 0 Å². The molecule has 36 heavy (non-hydrogen) atoms. The van der Waals surface area contributed by atoms with Crippen LogP contribution >= 0.6 is 34.5 Å². The fourth-order valence-corrected chi connectivity index (χ4v) is 5.56. The number of anilines is 1. The van der Waals surface area contributed by atoms with Gasteiger partial charge >= 0.3 is 5.97 Å². The fourth-order valence-electron chi connectivity index (χ4n) is 3.23. The Balaban J connectivity index is 1.78. The molecule has 1 aromatic heterocycles. The minimum atomic E-state index is -4.27. The molecule has 0 unspecified atom stereocenters. The summed E-state index contributed by atoms with van der Waals surface area (Å²) in [5.41, 5.74) is 0.664. The summed E-state index contributed by atoms with van der Waals surface area (Å²) in [4.78, 5) is 15.8. The lowest BCUT2D eigenvalue weighted by molar-refractivity contribution is -0.138. The largest absolute Gasteiger partial charge is 0.480 e. The molecular formula is C23H20Cl2FN3O5S2. The number of nitrogens with one attached hydrogen (secondary N) is 1. The first-order valence-corrected chi connectivity index (χ1v) is 13.5. The predicted molar refractivity (Wildman–Crippen MR) is 137 cm³/mol. The predicted octanol–water partition coefficient (Wildman–Crippen LogP) is 5.13. The van der Waals surface area contributed by atoms with Crippen LogP contribution in [0.5, 0.6) is 11.5 Å². The highest BCUT2D eigenvalue weighted by Crippen LogP contribution is 2.36. The van der Waals surface area contributed by atoms with E-state index in [1.165, 1.54) is 6.20 Å². The standard InChI is InChI=1S/C23H20Cl2FN3O5S2/c1-2-8-29(14-22(30)31)9-3-4-15-11-16(24)5-6-19(15)34-20-13-18(26)21(12-17(20)25)36(32,33)28-23-27-7-10-35-23/h1,5-7,10-13H,3-4,8-9,14H2,(H,27,28)(H,30,31). The number of aliphatic carboxylic acids is 1. The Morgan fingerprint density at radius 1 is 1.28 bits per heavy atom. The third-order valence-electron chi connectivity index (χ3n) is 4.77. The maximum absolute atomic E-state index is 14.8. The van der Waals surface area contributed by atoms with Crippen LogP contribution in [0.1, 0.15) is 12.0 Å². The van der Waals surface area contributed by atoms with Crippen molar-refractivity contribution in [2.75, 3.05) is 24.4 Å². The van der Waals surface area contributed by atoms with Gasteiger partial charge in [-0.2, -0.15) is 0 Å². The number of thiazole rings is 1. The van der Waals surface area contributed by atoms with Crippen molar-refractivity contribution in [1.29, 1.82) is 0 Å². The lowest BCUT2D eigenvalue weighted by Crippen LogP contribution is -2.31. The van der Waals surface area contributed by atoms with E-state index in [1.54, 1.807) is 28.5 Å². The van der Waals surface area contributed by atoms with Crippen LogP contribution in [0.15, 0.2) is 46.8 Å². The number of carbonyl (C=O) groups is 1. The molecule has 0 spiro atoms. The maximum atomic E-state index is 14.8. The molecule has 2 aromatic carbocycles. The molecule has 2 N–H and O–H groups in total. The second-order valence-electron chi connectivity index (χ2n) is 7.42. The first-order chi connectivity index (χ1) is 17.1. The van der Waals surface area contributed by atoms with Gasteiger partial charge in [0.05, 0.1) is 18.1 Å². The third-order valence-corrected chi connectivity index (χ3v) is 7.47. The van der Waals surface area contributed by atoms with Crippen molar-refractivity contribution >= 4 is 55.7 Å². The van der Waals surface area contributed by atoms with Crippen molar-refractivity contribution < 1.29 is 27.4 Å². The Hall–Kier alpha value is -2.88. The topological polar surface area (TPSA) is 109 Å². The molecule has 0 radical (unpaired) electrons. The molecule has 0 aliphatic heterocycles. The molecular weight excluding hydrogens is 552 g/mol. The number of nitrogens with zero attached hydrogens (tertiary/aromatic N) is 2. The lowest BCUT2D eigenvalue weighted by atomic mass is 10.1. The maximum Gasteiger partial charge on any atom is 0.317 e. The molecule has 0 atom stereocenters. The van der Waals surface area contributed by atoms with Crippen LogP contribution < -0.4 is 9.46 Å². The summed E-state index contributed by atoms with van der Waals surface area (Å²) in [5, 5.41) is 11.0. The van der Waals surface area contributed by atoms with Gasteiger partial charge in [-0.3, -0.25) is 14.4 Å². The molecule has 190 valence electrons. The summed E-state index contributed by atoms with van der Waals surface area (Å²) in [6, 6.07) is 6.67. The van der Waals surface area contributed by atoms with Crippen LogP contribution in [0.3, 0.4) is 0 Å². The number of benzene rings is 2. The van der Waals surface area contributed by atoms with E-state index in [1.807, 2.05) is 0 Å². The number of aromatic nitrogens is 1. The van der Waals surface area contributed by atoms with Crippen molar-refractivity contribution in [2.45, 2.75) is 17.7 Å². The van der Waals surface area contributed by atoms with E-state index in [0.717, 1.165) is 23.5 Å². The van der Waals surface area contributed by atoms with E-state index in [9.17, 15) is 17.6 Å². The Kier molecular flexibility index (Phi) is 9.53. The van der Waals surface area contributed by atoms with Crippen LogP contribution in [0, 0.1) is 18.2 Å². The minimum Gasteiger partial charge on any atom is -0.480 e. The molecule has 13 heteroatoms. The number of halogens is 3. The van der Waals surface area contributed by atoms with Gasteiger partial charge in [0.1, 0.15) is 22.2 Å². The van der Waals surface area contributed by atoms with Crippen LogP contribution in [0.2, 0.25) is 10.0 Å². The normalized spacial score (nSPS) is 11.3. The molecule has 1 heterocycles. The fraction of sp³-hybridized carbons (Fsp3) is 0.217. The van der Waals surface area contributed by atoms with Gasteiger partial charge in [-0.25, -0.2) is 17.8 Å². The van der Waals surface area contributed by atoms with Crippen molar-refractivity contribution in [3.63, 3.8) is 0 Å². The van der Waals surface area contributed by atoms with Crippen molar-refractivity contribution in [3.8, 4) is 23.8 Å². The summed E-state index contributed by atoms with van der Waals surface area (Å²) in [6.07, 6.45) is 7.69. The highest BCUT2D eigenvalue weighted by molar-refractivity contribution is 7.93. The second-order valence-corrected chi connectivity index (χ2v) is 10.8. The zero-order valence-electron chi connectivity index (χ0n) is 18.6. The monoisotopic (exact) mass is 571 g/mol. The van der Waals surface area contributed by atoms with E-state index in [2.05, 4.69) is 15.6 Å². The van der Waals surface area contributed by atoms with Crippen molar-refractivity contribution in [2.24, 2.45) is 0 Å². The van der Waals surface area contributed by atoms with Gasteiger partial charge in [-0.15, -0.1) is 17.8 Å². The molecule has 0 saturated heterocycles. The summed E-state index contributed by atoms with van der Waals surface area (Å²) in [6.45, 7) is 0.411. The zero-order chi connectivity index (χ0) is 26.3. The van der Waals surface area contributed by atoms with Crippen LogP contribution in [-0.4, -0.2) is 49.0 Å². The number of ether oxygens (including phenoxy) is 1. The smallest absolute Gasteiger partial charge is 0.317 e. The Bertz CT molecular complexity index is 1380. The van der Waals surface area contributed by atoms with Gasteiger partial charge in [-0.05, 0) is 42.7 Å². The number of carboxylic acid groups (broad SMARTS) is 1. The Morgan fingerprint density at radius 3 is 2.72 bits per heavy atom. The molecule has 3 rings (SSSR count). The number of hydrogen-bond donors (Lipinski definition) is 2. The van der Waals surface area contributed by atoms with Crippen molar-refractivity contribution in [3.05, 3.63) is 63.3 Å². The van der Waals surface area contributed by atoms with Crippen LogP contribution in [0.4, 0.5) is 9.52 Å². The molecule has 0 aliphatic rings. The highest BCUT2D eigenvalue weighted by Gasteiger charge is 2.23. The Labute approximate surface area is 221 Å². The molecule has 0 aliphatic carbocycles. The summed E-state index contributed by atoms with van der Waals surface area (Å²) in [7, 11) is -4.27. The molecule has 0 bridgehead atoms. The van der Waals surface area contributed by atoms with Crippen molar-refractivity contribution in [1.82, 2.24) is 9.88 Å². The van der Waals surface area contributed by atoms with E-state index in [4.69, 9.17) is 39.5 Å².